The lowest BCUT2D eigenvalue weighted by Crippen LogP contribution is -2.17. The lowest BCUT2D eigenvalue weighted by atomic mass is 10.0. The van der Waals surface area contributed by atoms with Crippen LogP contribution in [-0.4, -0.2) is 16.5 Å². The number of rotatable bonds is 4. The Morgan fingerprint density at radius 2 is 2.00 bits per heavy atom. The van der Waals surface area contributed by atoms with Gasteiger partial charge in [0, 0.05) is 12.7 Å². The fourth-order valence-electron chi connectivity index (χ4n) is 2.80. The van der Waals surface area contributed by atoms with Crippen molar-refractivity contribution in [3.05, 3.63) is 24.0 Å². The molecule has 3 nitrogen and oxygen atoms in total. The highest BCUT2D eigenvalue weighted by atomic mass is 32.1. The zero-order valence-electron chi connectivity index (χ0n) is 11.4. The maximum absolute atomic E-state index is 5.67. The van der Waals surface area contributed by atoms with E-state index in [-0.39, 0.29) is 0 Å². The van der Waals surface area contributed by atoms with Gasteiger partial charge in [-0.1, -0.05) is 39.9 Å². The molecular weight excluding hydrogens is 242 g/mol. The van der Waals surface area contributed by atoms with Gasteiger partial charge in [-0.2, -0.15) is 0 Å². The van der Waals surface area contributed by atoms with Gasteiger partial charge in [-0.3, -0.25) is 4.98 Å². The number of nitrogens with zero attached hydrogens (tertiary/aromatic N) is 1. The van der Waals surface area contributed by atoms with E-state index in [4.69, 9.17) is 18.0 Å². The van der Waals surface area contributed by atoms with Crippen molar-refractivity contribution < 1.29 is 0 Å². The van der Waals surface area contributed by atoms with Crippen LogP contribution in [0.3, 0.4) is 0 Å². The number of aromatic nitrogens is 1. The summed E-state index contributed by atoms with van der Waals surface area (Å²) in [5.74, 6) is 0.657. The molecule has 18 heavy (non-hydrogen) atoms. The molecule has 0 atom stereocenters. The Morgan fingerprint density at radius 1 is 1.39 bits per heavy atom. The van der Waals surface area contributed by atoms with Crippen LogP contribution in [0.15, 0.2) is 18.3 Å². The maximum atomic E-state index is 5.67. The molecule has 1 saturated carbocycles. The fourth-order valence-corrected chi connectivity index (χ4v) is 2.96. The highest BCUT2D eigenvalue weighted by molar-refractivity contribution is 7.80. The molecule has 0 amide bonds. The Balaban J connectivity index is 2.07. The second kappa shape index (κ2) is 4.19. The van der Waals surface area contributed by atoms with Crippen LogP contribution in [0.1, 0.15) is 33.4 Å². The average Bonchev–Trinajstić information content (AvgIpc) is 2.67. The smallest absolute Gasteiger partial charge is 0.124 e. The van der Waals surface area contributed by atoms with Crippen molar-refractivity contribution in [1.29, 1.82) is 0 Å². The molecule has 3 N–H and O–H groups in total. The van der Waals surface area contributed by atoms with E-state index >= 15 is 0 Å². The van der Waals surface area contributed by atoms with Gasteiger partial charge in [0.25, 0.3) is 0 Å². The number of hydrogen-bond acceptors (Lipinski definition) is 3. The molecular formula is C14H21N3S. The first-order valence-corrected chi connectivity index (χ1v) is 6.68. The highest BCUT2D eigenvalue weighted by Gasteiger charge is 2.64. The second-order valence-electron chi connectivity index (χ2n) is 6.14. The van der Waals surface area contributed by atoms with Crippen LogP contribution < -0.4 is 11.1 Å². The first kappa shape index (κ1) is 13.3. The van der Waals surface area contributed by atoms with E-state index in [1.165, 1.54) is 0 Å². The van der Waals surface area contributed by atoms with E-state index in [1.54, 1.807) is 6.20 Å². The summed E-state index contributed by atoms with van der Waals surface area (Å²) in [6, 6.07) is 3.87. The van der Waals surface area contributed by atoms with Gasteiger partial charge in [-0.05, 0) is 28.9 Å². The summed E-state index contributed by atoms with van der Waals surface area (Å²) >= 11 is 5.01. The molecule has 98 valence electrons. The number of anilines is 1. The van der Waals surface area contributed by atoms with Gasteiger partial charge in [0.2, 0.25) is 0 Å². The molecule has 4 heteroatoms. The molecule has 0 aliphatic heterocycles. The zero-order chi connectivity index (χ0) is 13.6. The Morgan fingerprint density at radius 3 is 2.50 bits per heavy atom. The summed E-state index contributed by atoms with van der Waals surface area (Å²) in [6.45, 7) is 10.2. The van der Waals surface area contributed by atoms with E-state index in [0.29, 0.717) is 27.4 Å². The van der Waals surface area contributed by atoms with E-state index in [9.17, 15) is 0 Å². The van der Waals surface area contributed by atoms with E-state index in [1.807, 2.05) is 12.1 Å². The highest BCUT2D eigenvalue weighted by Crippen LogP contribution is 2.68. The Labute approximate surface area is 114 Å². The summed E-state index contributed by atoms with van der Waals surface area (Å²) in [6.07, 6.45) is 1.71. The molecule has 1 fully saturated rings. The summed E-state index contributed by atoms with van der Waals surface area (Å²) in [7, 11) is 0. The van der Waals surface area contributed by atoms with Crippen molar-refractivity contribution in [3.63, 3.8) is 0 Å². The standard InChI is InChI=1S/C14H21N3S/c1-13(2)10(14(13,3)4)8-17-9-6-5-7-16-11(9)12(15)18/h5-7,10,17H,8H2,1-4H3,(H2,15,18). The number of nitrogens with two attached hydrogens (primary N) is 1. The van der Waals surface area contributed by atoms with Gasteiger partial charge in [0.15, 0.2) is 0 Å². The van der Waals surface area contributed by atoms with Gasteiger partial charge in [0.05, 0.1) is 5.69 Å². The molecule has 0 radical (unpaired) electrons. The van der Waals surface area contributed by atoms with Crippen molar-refractivity contribution >= 4 is 22.9 Å². The third kappa shape index (κ3) is 1.99. The molecule has 1 heterocycles. The molecule has 1 aliphatic carbocycles. The summed E-state index contributed by atoms with van der Waals surface area (Å²) in [4.78, 5) is 4.56. The largest absolute Gasteiger partial charge is 0.388 e. The van der Waals surface area contributed by atoms with Crippen LogP contribution in [0.4, 0.5) is 5.69 Å². The first-order valence-electron chi connectivity index (χ1n) is 6.27. The SMILES string of the molecule is CC1(C)C(CNc2cccnc2C(N)=S)C1(C)C. The number of nitrogens with one attached hydrogen (secondary N) is 1. The van der Waals surface area contributed by atoms with Crippen LogP contribution in [0.25, 0.3) is 0 Å². The van der Waals surface area contributed by atoms with Crippen molar-refractivity contribution in [1.82, 2.24) is 4.98 Å². The monoisotopic (exact) mass is 263 g/mol. The van der Waals surface area contributed by atoms with E-state index in [2.05, 4.69) is 38.0 Å². The van der Waals surface area contributed by atoms with Crippen LogP contribution in [0.5, 0.6) is 0 Å². The minimum Gasteiger partial charge on any atom is -0.388 e. The molecule has 1 aromatic heterocycles. The van der Waals surface area contributed by atoms with Gasteiger partial charge in [-0.25, -0.2) is 0 Å². The molecule has 0 aromatic carbocycles. The van der Waals surface area contributed by atoms with Crippen LogP contribution >= 0.6 is 12.2 Å². The lowest BCUT2D eigenvalue weighted by molar-refractivity contribution is 0.457. The predicted molar refractivity (Wildman–Crippen MR) is 79.7 cm³/mol. The van der Waals surface area contributed by atoms with Crippen molar-refractivity contribution in [2.45, 2.75) is 27.7 Å². The zero-order valence-corrected chi connectivity index (χ0v) is 12.3. The van der Waals surface area contributed by atoms with Crippen LogP contribution in [0, 0.1) is 16.7 Å². The van der Waals surface area contributed by atoms with Gasteiger partial charge >= 0.3 is 0 Å². The Kier molecular flexibility index (Phi) is 3.09. The third-order valence-corrected chi connectivity index (χ3v) is 5.05. The number of thiocarbonyl (C=S) groups is 1. The predicted octanol–water partition coefficient (Wildman–Crippen LogP) is 2.81. The summed E-state index contributed by atoms with van der Waals surface area (Å²) in [5.41, 5.74) is 8.05. The van der Waals surface area contributed by atoms with Gasteiger partial charge in [0.1, 0.15) is 10.7 Å². The van der Waals surface area contributed by atoms with Gasteiger partial charge < -0.3 is 11.1 Å². The Bertz CT molecular complexity index is 466. The molecule has 2 rings (SSSR count). The van der Waals surface area contributed by atoms with Crippen molar-refractivity contribution in [2.24, 2.45) is 22.5 Å². The topological polar surface area (TPSA) is 50.9 Å². The van der Waals surface area contributed by atoms with E-state index in [0.717, 1.165) is 12.2 Å². The first-order chi connectivity index (χ1) is 8.28. The van der Waals surface area contributed by atoms with Crippen LogP contribution in [-0.2, 0) is 0 Å². The average molecular weight is 263 g/mol. The minimum absolute atomic E-state index is 0.340. The fraction of sp³-hybridized carbons (Fsp3) is 0.571. The van der Waals surface area contributed by atoms with Crippen molar-refractivity contribution in [2.75, 3.05) is 11.9 Å². The third-order valence-electron chi connectivity index (χ3n) is 4.86. The quantitative estimate of drug-likeness (QED) is 0.820. The van der Waals surface area contributed by atoms with Gasteiger partial charge in [-0.15, -0.1) is 0 Å². The summed E-state index contributed by atoms with van der Waals surface area (Å²) < 4.78 is 0. The lowest BCUT2D eigenvalue weighted by Gasteiger charge is -2.10. The molecule has 0 saturated heterocycles. The maximum Gasteiger partial charge on any atom is 0.124 e. The normalized spacial score (nSPS) is 20.4. The van der Waals surface area contributed by atoms with Crippen molar-refractivity contribution in [3.8, 4) is 0 Å². The molecule has 1 aromatic rings. The minimum atomic E-state index is 0.340. The second-order valence-corrected chi connectivity index (χ2v) is 6.58. The number of hydrogen-bond donors (Lipinski definition) is 2. The molecule has 0 unspecified atom stereocenters. The van der Waals surface area contributed by atoms with Crippen LogP contribution in [0.2, 0.25) is 0 Å². The molecule has 0 bridgehead atoms. The summed E-state index contributed by atoms with van der Waals surface area (Å²) in [5, 5.41) is 3.44. The Hall–Kier alpha value is -1.16. The molecule has 1 aliphatic rings. The molecule has 0 spiro atoms. The van der Waals surface area contributed by atoms with E-state index < -0.39 is 0 Å². The number of pyridine rings is 1.